The number of carbonyl (C=O) groups is 1. The molecule has 0 N–H and O–H groups in total. The second-order valence-electron chi connectivity index (χ2n) is 4.98. The van der Waals surface area contributed by atoms with Gasteiger partial charge in [-0.2, -0.15) is 0 Å². The van der Waals surface area contributed by atoms with Crippen LogP contribution in [0.15, 0.2) is 34.9 Å². The van der Waals surface area contributed by atoms with Crippen LogP contribution in [0.1, 0.15) is 27.9 Å². The molecule has 2 aromatic rings. The Bertz CT molecular complexity index is 639. The Morgan fingerprint density at radius 2 is 2.14 bits per heavy atom. The van der Waals surface area contributed by atoms with Crippen LogP contribution in [-0.4, -0.2) is 35.7 Å². The molecule has 6 heteroatoms. The lowest BCUT2D eigenvalue weighted by Crippen LogP contribution is -2.42. The van der Waals surface area contributed by atoms with E-state index in [1.54, 1.807) is 30.0 Å². The van der Waals surface area contributed by atoms with E-state index in [2.05, 4.69) is 5.16 Å². The molecule has 1 unspecified atom stereocenters. The predicted octanol–water partition coefficient (Wildman–Crippen LogP) is 2.34. The molecule has 5 nitrogen and oxygen atoms in total. The van der Waals surface area contributed by atoms with E-state index in [1.165, 1.54) is 12.1 Å². The number of hydrogen-bond acceptors (Lipinski definition) is 4. The highest BCUT2D eigenvalue weighted by Gasteiger charge is 2.27. The van der Waals surface area contributed by atoms with Crippen molar-refractivity contribution in [2.75, 3.05) is 19.7 Å². The quantitative estimate of drug-likeness (QED) is 0.852. The molecule has 1 amide bonds. The zero-order valence-electron chi connectivity index (χ0n) is 11.6. The molecule has 0 saturated carbocycles. The molecule has 3 rings (SSSR count). The van der Waals surface area contributed by atoms with Gasteiger partial charge in [-0.15, -0.1) is 0 Å². The third-order valence-electron chi connectivity index (χ3n) is 3.44. The van der Waals surface area contributed by atoms with Crippen LogP contribution >= 0.6 is 0 Å². The van der Waals surface area contributed by atoms with E-state index in [0.29, 0.717) is 31.2 Å². The van der Waals surface area contributed by atoms with Crippen LogP contribution in [0.5, 0.6) is 0 Å². The lowest BCUT2D eigenvalue weighted by atomic mass is 10.1. The van der Waals surface area contributed by atoms with Crippen molar-refractivity contribution < 1.29 is 18.4 Å². The Balaban J connectivity index is 1.73. The number of benzene rings is 1. The smallest absolute Gasteiger partial charge is 0.276 e. The molecule has 110 valence electrons. The van der Waals surface area contributed by atoms with Crippen molar-refractivity contribution in [3.05, 3.63) is 53.2 Å². The predicted molar refractivity (Wildman–Crippen MR) is 72.2 cm³/mol. The Labute approximate surface area is 121 Å². The molecule has 1 fully saturated rings. The van der Waals surface area contributed by atoms with E-state index in [4.69, 9.17) is 9.26 Å². The first-order chi connectivity index (χ1) is 10.1. The fourth-order valence-electron chi connectivity index (χ4n) is 2.34. The van der Waals surface area contributed by atoms with Gasteiger partial charge in [-0.1, -0.05) is 17.3 Å². The second kappa shape index (κ2) is 5.65. The Kier molecular flexibility index (Phi) is 3.70. The van der Waals surface area contributed by atoms with Crippen LogP contribution < -0.4 is 0 Å². The number of aryl methyl sites for hydroxylation is 1. The Morgan fingerprint density at radius 3 is 2.81 bits per heavy atom. The molecule has 21 heavy (non-hydrogen) atoms. The maximum absolute atomic E-state index is 13.0. The summed E-state index contributed by atoms with van der Waals surface area (Å²) in [7, 11) is 0. The van der Waals surface area contributed by atoms with Crippen molar-refractivity contribution in [3.63, 3.8) is 0 Å². The molecule has 1 aromatic heterocycles. The number of amides is 1. The fraction of sp³-hybridized carbons (Fsp3) is 0.333. The summed E-state index contributed by atoms with van der Waals surface area (Å²) >= 11 is 0. The maximum atomic E-state index is 13.0. The highest BCUT2D eigenvalue weighted by Crippen LogP contribution is 2.23. The number of nitrogens with zero attached hydrogens (tertiary/aromatic N) is 2. The summed E-state index contributed by atoms with van der Waals surface area (Å²) in [5.41, 5.74) is 1.15. The van der Waals surface area contributed by atoms with Crippen LogP contribution in [-0.2, 0) is 4.74 Å². The summed E-state index contributed by atoms with van der Waals surface area (Å²) in [5, 5.41) is 3.74. The molecule has 0 radical (unpaired) electrons. The standard InChI is InChI=1S/C15H15FN2O3/c1-10-8-13(17-21-10)15(19)18-6-7-20-14(9-18)11-2-4-12(16)5-3-11/h2-5,8,14H,6-7,9H2,1H3. The first kappa shape index (κ1) is 13.8. The van der Waals surface area contributed by atoms with E-state index in [0.717, 1.165) is 5.56 Å². The van der Waals surface area contributed by atoms with E-state index in [1.807, 2.05) is 0 Å². The number of carbonyl (C=O) groups excluding carboxylic acids is 1. The van der Waals surface area contributed by atoms with Crippen LogP contribution in [0.2, 0.25) is 0 Å². The van der Waals surface area contributed by atoms with Gasteiger partial charge in [0.1, 0.15) is 17.7 Å². The summed E-state index contributed by atoms with van der Waals surface area (Å²) in [4.78, 5) is 14.0. The zero-order valence-corrected chi connectivity index (χ0v) is 11.6. The third kappa shape index (κ3) is 2.95. The van der Waals surface area contributed by atoms with E-state index in [-0.39, 0.29) is 17.8 Å². The van der Waals surface area contributed by atoms with Crippen molar-refractivity contribution in [1.29, 1.82) is 0 Å². The SMILES string of the molecule is Cc1cc(C(=O)N2CCOC(c3ccc(F)cc3)C2)no1. The van der Waals surface area contributed by atoms with Gasteiger partial charge in [0.25, 0.3) is 5.91 Å². The van der Waals surface area contributed by atoms with E-state index >= 15 is 0 Å². The molecule has 1 aliphatic rings. The van der Waals surface area contributed by atoms with Crippen LogP contribution in [0, 0.1) is 12.7 Å². The molecular formula is C15H15FN2O3. The van der Waals surface area contributed by atoms with Crippen LogP contribution in [0.25, 0.3) is 0 Å². The fourth-order valence-corrected chi connectivity index (χ4v) is 2.34. The number of hydrogen-bond donors (Lipinski definition) is 0. The normalized spacial score (nSPS) is 18.8. The van der Waals surface area contributed by atoms with Gasteiger partial charge in [0.2, 0.25) is 0 Å². The average Bonchev–Trinajstić information content (AvgIpc) is 2.94. The van der Waals surface area contributed by atoms with Crippen molar-refractivity contribution in [3.8, 4) is 0 Å². The molecule has 1 saturated heterocycles. The highest BCUT2D eigenvalue weighted by atomic mass is 19.1. The largest absolute Gasteiger partial charge is 0.370 e. The van der Waals surface area contributed by atoms with Gasteiger partial charge >= 0.3 is 0 Å². The molecule has 1 atom stereocenters. The summed E-state index contributed by atoms with van der Waals surface area (Å²) in [6, 6.07) is 7.74. The number of ether oxygens (including phenoxy) is 1. The van der Waals surface area contributed by atoms with Crippen LogP contribution in [0.3, 0.4) is 0 Å². The van der Waals surface area contributed by atoms with E-state index in [9.17, 15) is 9.18 Å². The van der Waals surface area contributed by atoms with E-state index < -0.39 is 0 Å². The van der Waals surface area contributed by atoms with Gasteiger partial charge in [0.15, 0.2) is 5.69 Å². The lowest BCUT2D eigenvalue weighted by molar-refractivity contribution is -0.0231. The second-order valence-corrected chi connectivity index (χ2v) is 4.98. The number of aromatic nitrogens is 1. The number of rotatable bonds is 2. The molecule has 1 aromatic carbocycles. The average molecular weight is 290 g/mol. The van der Waals surface area contributed by atoms with Gasteiger partial charge in [0.05, 0.1) is 13.2 Å². The minimum absolute atomic E-state index is 0.178. The highest BCUT2D eigenvalue weighted by molar-refractivity contribution is 5.92. The number of morpholine rings is 1. The Morgan fingerprint density at radius 1 is 1.38 bits per heavy atom. The Hall–Kier alpha value is -2.21. The zero-order chi connectivity index (χ0) is 14.8. The molecular weight excluding hydrogens is 275 g/mol. The van der Waals surface area contributed by atoms with Crippen molar-refractivity contribution in [1.82, 2.24) is 10.1 Å². The maximum Gasteiger partial charge on any atom is 0.276 e. The van der Waals surface area contributed by atoms with Crippen molar-refractivity contribution in [2.24, 2.45) is 0 Å². The summed E-state index contributed by atoms with van der Waals surface area (Å²) in [6.07, 6.45) is -0.253. The first-order valence-corrected chi connectivity index (χ1v) is 6.73. The minimum Gasteiger partial charge on any atom is -0.370 e. The third-order valence-corrected chi connectivity index (χ3v) is 3.44. The van der Waals surface area contributed by atoms with Gasteiger partial charge in [-0.05, 0) is 24.6 Å². The molecule has 0 bridgehead atoms. The van der Waals surface area contributed by atoms with Gasteiger partial charge < -0.3 is 14.2 Å². The first-order valence-electron chi connectivity index (χ1n) is 6.73. The molecule has 1 aliphatic heterocycles. The molecule has 0 aliphatic carbocycles. The summed E-state index contributed by atoms with van der Waals surface area (Å²) in [5.74, 6) is 0.129. The number of halogens is 1. The van der Waals surface area contributed by atoms with Gasteiger partial charge in [-0.3, -0.25) is 4.79 Å². The summed E-state index contributed by atoms with van der Waals surface area (Å²) < 4.78 is 23.6. The molecule has 0 spiro atoms. The topological polar surface area (TPSA) is 55.6 Å². The minimum atomic E-state index is -0.291. The van der Waals surface area contributed by atoms with Crippen LogP contribution in [0.4, 0.5) is 4.39 Å². The molecule has 2 heterocycles. The van der Waals surface area contributed by atoms with Crippen molar-refractivity contribution >= 4 is 5.91 Å². The summed E-state index contributed by atoms with van der Waals surface area (Å²) in [6.45, 7) is 3.09. The lowest BCUT2D eigenvalue weighted by Gasteiger charge is -2.32. The monoisotopic (exact) mass is 290 g/mol. The van der Waals surface area contributed by atoms with Gasteiger partial charge in [0, 0.05) is 12.6 Å². The van der Waals surface area contributed by atoms with Gasteiger partial charge in [-0.25, -0.2) is 4.39 Å². The van der Waals surface area contributed by atoms with Crippen molar-refractivity contribution in [2.45, 2.75) is 13.0 Å².